The van der Waals surface area contributed by atoms with E-state index in [1.165, 1.54) is 18.2 Å². The molecule has 3 aromatic rings. The van der Waals surface area contributed by atoms with E-state index in [0.29, 0.717) is 42.9 Å². The third-order valence-corrected chi connectivity index (χ3v) is 6.17. The smallest absolute Gasteiger partial charge is 0.406 e. The lowest BCUT2D eigenvalue weighted by Crippen LogP contribution is -2.49. The maximum Gasteiger partial charge on any atom is 0.573 e. The maximum absolute atomic E-state index is 13.3. The summed E-state index contributed by atoms with van der Waals surface area (Å²) in [6.45, 7) is 3.08. The van der Waals surface area contributed by atoms with Gasteiger partial charge in [-0.3, -0.25) is 9.69 Å². The second-order valence-corrected chi connectivity index (χ2v) is 8.82. The molecular formula is C28H28F3N3O3. The van der Waals surface area contributed by atoms with Crippen LogP contribution in [0.2, 0.25) is 0 Å². The highest BCUT2D eigenvalue weighted by Gasteiger charge is 2.31. The van der Waals surface area contributed by atoms with Crippen LogP contribution in [0.5, 0.6) is 5.75 Å². The second kappa shape index (κ2) is 11.4. The van der Waals surface area contributed by atoms with Gasteiger partial charge in [0.05, 0.1) is 5.92 Å². The van der Waals surface area contributed by atoms with E-state index in [4.69, 9.17) is 0 Å². The molecule has 0 radical (unpaired) electrons. The van der Waals surface area contributed by atoms with Gasteiger partial charge in [0.25, 0.3) is 0 Å². The van der Waals surface area contributed by atoms with Crippen LogP contribution in [0.25, 0.3) is 0 Å². The lowest BCUT2D eigenvalue weighted by Gasteiger charge is -2.36. The number of hydrogen-bond acceptors (Lipinski definition) is 3. The van der Waals surface area contributed by atoms with Crippen molar-refractivity contribution in [3.63, 3.8) is 0 Å². The highest BCUT2D eigenvalue weighted by molar-refractivity contribution is 5.97. The van der Waals surface area contributed by atoms with Gasteiger partial charge in [-0.25, -0.2) is 4.79 Å². The minimum Gasteiger partial charge on any atom is -0.406 e. The molecule has 6 nitrogen and oxygen atoms in total. The number of alkyl halides is 3. The maximum atomic E-state index is 13.3. The number of carbonyl (C=O) groups is 2. The Morgan fingerprint density at radius 2 is 1.76 bits per heavy atom. The first-order valence-electron chi connectivity index (χ1n) is 12.1. The quantitative estimate of drug-likeness (QED) is 0.373. The Morgan fingerprint density at radius 1 is 1.00 bits per heavy atom. The van der Waals surface area contributed by atoms with Gasteiger partial charge in [0.2, 0.25) is 5.91 Å². The highest BCUT2D eigenvalue weighted by atomic mass is 19.4. The predicted octanol–water partition coefficient (Wildman–Crippen LogP) is 6.55. The van der Waals surface area contributed by atoms with Crippen molar-refractivity contribution in [3.05, 3.63) is 90.0 Å². The molecule has 0 aromatic heterocycles. The van der Waals surface area contributed by atoms with E-state index < -0.39 is 6.36 Å². The fourth-order valence-electron chi connectivity index (χ4n) is 4.47. The van der Waals surface area contributed by atoms with Crippen molar-refractivity contribution < 1.29 is 27.5 Å². The van der Waals surface area contributed by atoms with Crippen LogP contribution in [0.15, 0.2) is 78.9 Å². The fourth-order valence-corrected chi connectivity index (χ4v) is 4.47. The lowest BCUT2D eigenvalue weighted by atomic mass is 9.95. The average molecular weight is 512 g/mol. The molecule has 1 N–H and O–H groups in total. The molecule has 0 aliphatic carbocycles. The SMILES string of the molecule is CCC(C(=O)Nc1cccc(N2CCCN(Cc3cccc(OC(F)(F)F)c3)C2=O)c1)c1ccccc1. The Hall–Kier alpha value is -4.01. The van der Waals surface area contributed by atoms with Crippen molar-refractivity contribution in [2.45, 2.75) is 38.6 Å². The van der Waals surface area contributed by atoms with Crippen molar-refractivity contribution in [1.29, 1.82) is 0 Å². The number of amides is 3. The Balaban J connectivity index is 1.45. The molecule has 9 heteroatoms. The minimum absolute atomic E-state index is 0.126. The first kappa shape index (κ1) is 26.1. The molecule has 3 amide bonds. The average Bonchev–Trinajstić information content (AvgIpc) is 2.86. The second-order valence-electron chi connectivity index (χ2n) is 8.82. The number of nitrogens with one attached hydrogen (secondary N) is 1. The molecule has 0 saturated carbocycles. The monoisotopic (exact) mass is 511 g/mol. The molecule has 1 aliphatic heterocycles. The van der Waals surface area contributed by atoms with Crippen molar-refractivity contribution in [2.24, 2.45) is 0 Å². The van der Waals surface area contributed by atoms with Crippen molar-refractivity contribution in [2.75, 3.05) is 23.3 Å². The van der Waals surface area contributed by atoms with Crippen LogP contribution < -0.4 is 15.0 Å². The topological polar surface area (TPSA) is 61.9 Å². The van der Waals surface area contributed by atoms with Gasteiger partial charge in [-0.2, -0.15) is 0 Å². The van der Waals surface area contributed by atoms with E-state index >= 15 is 0 Å². The minimum atomic E-state index is -4.78. The van der Waals surface area contributed by atoms with E-state index in [0.717, 1.165) is 5.56 Å². The van der Waals surface area contributed by atoms with E-state index in [1.54, 1.807) is 40.1 Å². The van der Waals surface area contributed by atoms with Gasteiger partial charge < -0.3 is 15.0 Å². The van der Waals surface area contributed by atoms with Crippen molar-refractivity contribution in [1.82, 2.24) is 4.90 Å². The molecule has 1 saturated heterocycles. The number of hydrogen-bond donors (Lipinski definition) is 1. The molecule has 0 bridgehead atoms. The molecular weight excluding hydrogens is 483 g/mol. The van der Waals surface area contributed by atoms with Gasteiger partial charge in [0.15, 0.2) is 0 Å². The number of benzene rings is 3. The largest absolute Gasteiger partial charge is 0.573 e. The van der Waals surface area contributed by atoms with E-state index in [1.807, 2.05) is 37.3 Å². The number of nitrogens with zero attached hydrogens (tertiary/aromatic N) is 2. The van der Waals surface area contributed by atoms with Crippen LogP contribution in [-0.4, -0.2) is 36.3 Å². The summed E-state index contributed by atoms with van der Waals surface area (Å²) in [6, 6.07) is 22.0. The number of ether oxygens (including phenoxy) is 1. The third-order valence-electron chi connectivity index (χ3n) is 6.17. The van der Waals surface area contributed by atoms with E-state index in [2.05, 4.69) is 10.1 Å². The molecule has 1 atom stereocenters. The van der Waals surface area contributed by atoms with Gasteiger partial charge in [-0.05, 0) is 54.3 Å². The van der Waals surface area contributed by atoms with Gasteiger partial charge in [0, 0.05) is 31.0 Å². The number of halogens is 3. The molecule has 3 aromatic carbocycles. The van der Waals surface area contributed by atoms with Crippen molar-refractivity contribution >= 4 is 23.3 Å². The van der Waals surface area contributed by atoms with Gasteiger partial charge in [-0.1, -0.05) is 55.5 Å². The van der Waals surface area contributed by atoms with E-state index in [9.17, 15) is 22.8 Å². The molecule has 1 unspecified atom stereocenters. The van der Waals surface area contributed by atoms with Crippen LogP contribution >= 0.6 is 0 Å². The molecule has 194 valence electrons. The molecule has 0 spiro atoms. The molecule has 1 aliphatic rings. The standard InChI is InChI=1S/C28H28F3N3O3/c1-2-25(21-10-4-3-5-11-21)26(35)32-22-12-7-13-23(18-22)34-16-8-15-33(27(34)36)19-20-9-6-14-24(17-20)37-28(29,30)31/h3-7,9-14,17-18,25H,2,8,15-16,19H2,1H3,(H,32,35). The first-order chi connectivity index (χ1) is 17.7. The number of carbonyl (C=O) groups excluding carboxylic acids is 2. The summed E-state index contributed by atoms with van der Waals surface area (Å²) in [5, 5.41) is 2.97. The summed E-state index contributed by atoms with van der Waals surface area (Å²) in [7, 11) is 0. The van der Waals surface area contributed by atoms with Crippen LogP contribution in [0.1, 0.15) is 36.8 Å². The Kier molecular flexibility index (Phi) is 8.01. The molecule has 37 heavy (non-hydrogen) atoms. The summed E-state index contributed by atoms with van der Waals surface area (Å²) in [6.07, 6.45) is -3.45. The zero-order valence-electron chi connectivity index (χ0n) is 20.4. The summed E-state index contributed by atoms with van der Waals surface area (Å²) in [4.78, 5) is 29.5. The molecule has 4 rings (SSSR count). The van der Waals surface area contributed by atoms with Gasteiger partial charge in [-0.15, -0.1) is 13.2 Å². The van der Waals surface area contributed by atoms with E-state index in [-0.39, 0.29) is 30.2 Å². The van der Waals surface area contributed by atoms with Gasteiger partial charge >= 0.3 is 12.4 Å². The number of urea groups is 1. The summed E-state index contributed by atoms with van der Waals surface area (Å²) >= 11 is 0. The van der Waals surface area contributed by atoms with Crippen LogP contribution in [0, 0.1) is 0 Å². The first-order valence-corrected chi connectivity index (χ1v) is 12.1. The summed E-state index contributed by atoms with van der Waals surface area (Å²) in [5.41, 5.74) is 2.68. The third kappa shape index (κ3) is 6.81. The Labute approximate surface area is 213 Å². The Bertz CT molecular complexity index is 1230. The predicted molar refractivity (Wildman–Crippen MR) is 135 cm³/mol. The zero-order chi connectivity index (χ0) is 26.4. The van der Waals surface area contributed by atoms with Crippen molar-refractivity contribution in [3.8, 4) is 5.75 Å². The molecule has 1 fully saturated rings. The Morgan fingerprint density at radius 3 is 2.49 bits per heavy atom. The van der Waals surface area contributed by atoms with Gasteiger partial charge in [0.1, 0.15) is 5.75 Å². The lowest BCUT2D eigenvalue weighted by molar-refractivity contribution is -0.274. The highest BCUT2D eigenvalue weighted by Crippen LogP contribution is 2.28. The summed E-state index contributed by atoms with van der Waals surface area (Å²) < 4.78 is 41.7. The number of rotatable bonds is 8. The number of anilines is 2. The zero-order valence-corrected chi connectivity index (χ0v) is 20.4. The normalized spacial score (nSPS) is 14.9. The summed E-state index contributed by atoms with van der Waals surface area (Å²) in [5.74, 6) is -0.747. The fraction of sp³-hybridized carbons (Fsp3) is 0.286. The van der Waals surface area contributed by atoms with Crippen LogP contribution in [0.3, 0.4) is 0 Å². The van der Waals surface area contributed by atoms with Crippen LogP contribution in [0.4, 0.5) is 29.3 Å². The van der Waals surface area contributed by atoms with Crippen LogP contribution in [-0.2, 0) is 11.3 Å². The molecule has 1 heterocycles.